The van der Waals surface area contributed by atoms with Gasteiger partial charge in [-0.15, -0.1) is 5.10 Å². The van der Waals surface area contributed by atoms with Crippen molar-refractivity contribution in [2.75, 3.05) is 25.5 Å². The zero-order chi connectivity index (χ0) is 19.8. The molecule has 0 aliphatic carbocycles. The lowest BCUT2D eigenvalue weighted by Gasteiger charge is -2.18. The molecule has 0 radical (unpaired) electrons. The molecule has 1 atom stereocenters. The predicted octanol–water partition coefficient (Wildman–Crippen LogP) is 1.17. The molecule has 28 heavy (non-hydrogen) atoms. The molecule has 1 aliphatic heterocycles. The first-order valence-corrected chi connectivity index (χ1v) is 8.86. The van der Waals surface area contributed by atoms with Gasteiger partial charge < -0.3 is 24.5 Å². The van der Waals surface area contributed by atoms with Crippen molar-refractivity contribution in [2.24, 2.45) is 7.05 Å². The number of methoxy groups -OCH3 is 1. The van der Waals surface area contributed by atoms with E-state index in [1.165, 1.54) is 12.4 Å². The number of H-pyrrole nitrogens is 1. The number of aryl methyl sites for hydroxylation is 1. The van der Waals surface area contributed by atoms with E-state index in [2.05, 4.69) is 27.0 Å². The third-order valence-corrected chi connectivity index (χ3v) is 4.91. The van der Waals surface area contributed by atoms with Gasteiger partial charge in [0.25, 0.3) is 11.4 Å². The first kappa shape index (κ1) is 17.8. The van der Waals surface area contributed by atoms with Crippen molar-refractivity contribution in [1.82, 2.24) is 29.2 Å². The average Bonchev–Trinajstić information content (AvgIpc) is 3.42. The lowest BCUT2D eigenvalue weighted by Crippen LogP contribution is -2.30. The number of amides is 1. The van der Waals surface area contributed by atoms with E-state index in [0.717, 1.165) is 0 Å². The van der Waals surface area contributed by atoms with Crippen LogP contribution in [0.3, 0.4) is 0 Å². The molecule has 1 aliphatic rings. The summed E-state index contributed by atoms with van der Waals surface area (Å²) in [5, 5.41) is 7.49. The number of carbonyl (C=O) groups is 1. The van der Waals surface area contributed by atoms with Gasteiger partial charge in [-0.3, -0.25) is 14.3 Å². The fourth-order valence-corrected chi connectivity index (χ4v) is 3.56. The highest BCUT2D eigenvalue weighted by molar-refractivity contribution is 5.89. The van der Waals surface area contributed by atoms with Gasteiger partial charge in [0.1, 0.15) is 16.7 Å². The molecule has 4 rings (SSSR count). The second kappa shape index (κ2) is 6.87. The number of hydrogen-bond acceptors (Lipinski definition) is 6. The minimum Gasteiger partial charge on any atom is -0.478 e. The number of likely N-dealkylation sites (tertiary alicyclic amines) is 1. The maximum absolute atomic E-state index is 13.0. The molecule has 10 nitrogen and oxygen atoms in total. The standard InChI is InChI=1S/C18H21N7O3/c1-4-14(26)24-6-5-11(7-24)25-9-12(15-16(18(25)27)20-10-19-15)21-13-8-23(2)22-17(13)28-3/h4,8-11,21H,1,5-7H2,2-3H3,(H,19,20). The number of fused-ring (bicyclic) bond motifs is 1. The highest BCUT2D eigenvalue weighted by atomic mass is 16.5. The Kier molecular flexibility index (Phi) is 4.38. The third-order valence-electron chi connectivity index (χ3n) is 4.91. The van der Waals surface area contributed by atoms with E-state index in [-0.39, 0.29) is 17.5 Å². The second-order valence-electron chi connectivity index (χ2n) is 6.66. The van der Waals surface area contributed by atoms with Gasteiger partial charge in [-0.25, -0.2) is 4.98 Å². The number of imidazole rings is 1. The molecule has 1 amide bonds. The van der Waals surface area contributed by atoms with Crippen molar-refractivity contribution >= 4 is 28.3 Å². The highest BCUT2D eigenvalue weighted by Crippen LogP contribution is 2.30. The van der Waals surface area contributed by atoms with Crippen molar-refractivity contribution in [1.29, 1.82) is 0 Å². The Morgan fingerprint density at radius 2 is 2.25 bits per heavy atom. The van der Waals surface area contributed by atoms with Gasteiger partial charge in [0.05, 0.1) is 31.4 Å². The maximum Gasteiger partial charge on any atom is 0.276 e. The van der Waals surface area contributed by atoms with E-state index in [0.29, 0.717) is 47.8 Å². The summed E-state index contributed by atoms with van der Waals surface area (Å²) in [6.45, 7) is 4.57. The van der Waals surface area contributed by atoms with E-state index < -0.39 is 0 Å². The predicted molar refractivity (Wildman–Crippen MR) is 104 cm³/mol. The Bertz CT molecular complexity index is 1110. The zero-order valence-electron chi connectivity index (χ0n) is 15.7. The summed E-state index contributed by atoms with van der Waals surface area (Å²) < 4.78 is 8.58. The summed E-state index contributed by atoms with van der Waals surface area (Å²) in [6, 6.07) is -0.125. The van der Waals surface area contributed by atoms with Crippen LogP contribution in [0.2, 0.25) is 0 Å². The zero-order valence-corrected chi connectivity index (χ0v) is 15.7. The van der Waals surface area contributed by atoms with Gasteiger partial charge >= 0.3 is 0 Å². The van der Waals surface area contributed by atoms with Gasteiger partial charge in [-0.05, 0) is 12.5 Å². The fourth-order valence-electron chi connectivity index (χ4n) is 3.56. The summed E-state index contributed by atoms with van der Waals surface area (Å²) in [4.78, 5) is 33.8. The van der Waals surface area contributed by atoms with Crippen LogP contribution in [0.15, 0.2) is 36.2 Å². The Balaban J connectivity index is 1.75. The first-order valence-electron chi connectivity index (χ1n) is 8.86. The number of rotatable bonds is 5. The molecule has 10 heteroatoms. The molecule has 1 fully saturated rings. The van der Waals surface area contributed by atoms with Crippen molar-refractivity contribution in [3.63, 3.8) is 0 Å². The molecule has 0 saturated carbocycles. The van der Waals surface area contributed by atoms with Gasteiger partial charge in [-0.1, -0.05) is 6.58 Å². The molecule has 4 heterocycles. The molecule has 0 spiro atoms. The average molecular weight is 383 g/mol. The largest absolute Gasteiger partial charge is 0.478 e. The number of aromatic amines is 1. The highest BCUT2D eigenvalue weighted by Gasteiger charge is 2.28. The van der Waals surface area contributed by atoms with Crippen LogP contribution in [0.4, 0.5) is 11.4 Å². The van der Waals surface area contributed by atoms with E-state index >= 15 is 0 Å². The molecule has 146 valence electrons. The normalized spacial score (nSPS) is 16.5. The molecule has 3 aromatic heterocycles. The molecular weight excluding hydrogens is 362 g/mol. The van der Waals surface area contributed by atoms with Crippen molar-refractivity contribution in [3.8, 4) is 5.88 Å². The van der Waals surface area contributed by atoms with Crippen molar-refractivity contribution in [2.45, 2.75) is 12.5 Å². The Morgan fingerprint density at radius 3 is 3.00 bits per heavy atom. The molecule has 1 unspecified atom stereocenters. The molecule has 0 bridgehead atoms. The number of carbonyl (C=O) groups excluding carboxylic acids is 1. The van der Waals surface area contributed by atoms with Gasteiger partial charge in [0.15, 0.2) is 0 Å². The van der Waals surface area contributed by atoms with Crippen LogP contribution in [-0.4, -0.2) is 55.3 Å². The number of hydrogen-bond donors (Lipinski definition) is 2. The van der Waals surface area contributed by atoms with Gasteiger partial charge in [-0.2, -0.15) is 0 Å². The number of nitrogens with one attached hydrogen (secondary N) is 2. The van der Waals surface area contributed by atoms with Crippen LogP contribution in [-0.2, 0) is 11.8 Å². The summed E-state index contributed by atoms with van der Waals surface area (Å²) in [7, 11) is 3.34. The third kappa shape index (κ3) is 2.92. The van der Waals surface area contributed by atoms with E-state index in [4.69, 9.17) is 4.74 Å². The topological polar surface area (TPSA) is 110 Å². The van der Waals surface area contributed by atoms with Crippen LogP contribution in [0.25, 0.3) is 11.0 Å². The molecule has 2 N–H and O–H groups in total. The van der Waals surface area contributed by atoms with Crippen molar-refractivity contribution < 1.29 is 9.53 Å². The lowest BCUT2D eigenvalue weighted by atomic mass is 10.2. The summed E-state index contributed by atoms with van der Waals surface area (Å²) in [5.41, 5.74) is 2.07. The maximum atomic E-state index is 13.0. The van der Waals surface area contributed by atoms with Gasteiger partial charge in [0.2, 0.25) is 5.91 Å². The van der Waals surface area contributed by atoms with Crippen LogP contribution >= 0.6 is 0 Å². The Hall–Kier alpha value is -3.56. The summed E-state index contributed by atoms with van der Waals surface area (Å²) in [5.74, 6) is 0.309. The number of pyridine rings is 1. The van der Waals surface area contributed by atoms with Gasteiger partial charge in [0, 0.05) is 26.3 Å². The van der Waals surface area contributed by atoms with Crippen LogP contribution < -0.4 is 15.6 Å². The fraction of sp³-hybridized carbons (Fsp3) is 0.333. The number of aromatic nitrogens is 5. The minimum absolute atomic E-state index is 0.125. The number of nitrogens with zero attached hydrogens (tertiary/aromatic N) is 5. The first-order chi connectivity index (χ1) is 13.5. The summed E-state index contributed by atoms with van der Waals surface area (Å²) in [6.07, 6.45) is 7.00. The molecule has 3 aromatic rings. The number of ether oxygens (including phenoxy) is 1. The quantitative estimate of drug-likeness (QED) is 0.640. The van der Waals surface area contributed by atoms with Crippen LogP contribution in [0.5, 0.6) is 5.88 Å². The molecule has 1 saturated heterocycles. The molecular formula is C18H21N7O3. The lowest BCUT2D eigenvalue weighted by molar-refractivity contribution is -0.125. The van der Waals surface area contributed by atoms with E-state index in [1.54, 1.807) is 40.7 Å². The smallest absolute Gasteiger partial charge is 0.276 e. The Labute approximate surface area is 160 Å². The Morgan fingerprint density at radius 1 is 1.43 bits per heavy atom. The van der Waals surface area contributed by atoms with E-state index in [9.17, 15) is 9.59 Å². The number of anilines is 2. The SMILES string of the molecule is C=CC(=O)N1CCC(n2cc(Nc3cn(C)nc3OC)c3nc[nH]c3c2=O)C1. The second-order valence-corrected chi connectivity index (χ2v) is 6.66. The molecule has 0 aromatic carbocycles. The minimum atomic E-state index is -0.172. The van der Waals surface area contributed by atoms with Crippen LogP contribution in [0, 0.1) is 0 Å². The monoisotopic (exact) mass is 383 g/mol. The van der Waals surface area contributed by atoms with Crippen molar-refractivity contribution in [3.05, 3.63) is 41.7 Å². The summed E-state index contributed by atoms with van der Waals surface area (Å²) >= 11 is 0. The van der Waals surface area contributed by atoms with E-state index in [1.807, 2.05) is 0 Å². The van der Waals surface area contributed by atoms with Crippen LogP contribution in [0.1, 0.15) is 12.5 Å².